The zero-order valence-corrected chi connectivity index (χ0v) is 8.46. The normalized spacial score (nSPS) is 27.8. The van der Waals surface area contributed by atoms with Gasteiger partial charge >= 0.3 is 0 Å². The predicted octanol–water partition coefficient (Wildman–Crippen LogP) is 1.82. The van der Waals surface area contributed by atoms with Crippen molar-refractivity contribution >= 4 is 0 Å². The summed E-state index contributed by atoms with van der Waals surface area (Å²) in [6, 6.07) is 0.664. The van der Waals surface area contributed by atoms with Crippen LogP contribution in [0.2, 0.25) is 0 Å². The van der Waals surface area contributed by atoms with E-state index < -0.39 is 0 Å². The highest BCUT2D eigenvalue weighted by atomic mass is 16.5. The van der Waals surface area contributed by atoms with Crippen LogP contribution in [0.15, 0.2) is 11.6 Å². The minimum Gasteiger partial charge on any atom is -0.380 e. The van der Waals surface area contributed by atoms with Gasteiger partial charge in [0.1, 0.15) is 0 Å². The SMILES string of the molecule is CN(CC=C1CCC1)C1CCOC1. The van der Waals surface area contributed by atoms with E-state index in [0.717, 1.165) is 19.8 Å². The molecule has 1 saturated carbocycles. The van der Waals surface area contributed by atoms with E-state index in [4.69, 9.17) is 4.74 Å². The second kappa shape index (κ2) is 4.25. The molecular weight excluding hydrogens is 162 g/mol. The van der Waals surface area contributed by atoms with E-state index in [1.54, 1.807) is 5.57 Å². The summed E-state index contributed by atoms with van der Waals surface area (Å²) in [4.78, 5) is 2.42. The van der Waals surface area contributed by atoms with Crippen molar-refractivity contribution in [2.24, 2.45) is 0 Å². The number of likely N-dealkylation sites (N-methyl/N-ethyl adjacent to an activating group) is 1. The molecule has 0 aromatic carbocycles. The van der Waals surface area contributed by atoms with Crippen molar-refractivity contribution in [2.45, 2.75) is 31.7 Å². The molecule has 1 aliphatic heterocycles. The molecule has 0 aromatic heterocycles. The van der Waals surface area contributed by atoms with E-state index in [-0.39, 0.29) is 0 Å². The lowest BCUT2D eigenvalue weighted by Crippen LogP contribution is -2.32. The standard InChI is InChI=1S/C11H19NO/c1-12(11-6-8-13-9-11)7-5-10-3-2-4-10/h5,11H,2-4,6-9H2,1H3. The number of nitrogens with zero attached hydrogens (tertiary/aromatic N) is 1. The van der Waals surface area contributed by atoms with Crippen LogP contribution in [0, 0.1) is 0 Å². The van der Waals surface area contributed by atoms with Gasteiger partial charge in [0.25, 0.3) is 0 Å². The van der Waals surface area contributed by atoms with Crippen molar-refractivity contribution in [3.63, 3.8) is 0 Å². The number of hydrogen-bond acceptors (Lipinski definition) is 2. The lowest BCUT2D eigenvalue weighted by atomic mass is 9.92. The number of allylic oxidation sites excluding steroid dienone is 1. The molecule has 2 rings (SSSR count). The van der Waals surface area contributed by atoms with Crippen LogP contribution in [0.1, 0.15) is 25.7 Å². The van der Waals surface area contributed by atoms with Gasteiger partial charge in [-0.1, -0.05) is 11.6 Å². The minimum atomic E-state index is 0.664. The largest absolute Gasteiger partial charge is 0.380 e. The Morgan fingerprint density at radius 3 is 2.92 bits per heavy atom. The third-order valence-electron chi connectivity index (χ3n) is 3.19. The fourth-order valence-corrected chi connectivity index (χ4v) is 1.88. The molecule has 1 heterocycles. The molecule has 1 atom stereocenters. The molecule has 2 aliphatic rings. The van der Waals surface area contributed by atoms with Crippen LogP contribution < -0.4 is 0 Å². The van der Waals surface area contributed by atoms with Crippen molar-refractivity contribution in [3.8, 4) is 0 Å². The fourth-order valence-electron chi connectivity index (χ4n) is 1.88. The maximum atomic E-state index is 5.36. The molecule has 0 amide bonds. The zero-order valence-electron chi connectivity index (χ0n) is 8.46. The van der Waals surface area contributed by atoms with Gasteiger partial charge < -0.3 is 4.74 Å². The number of ether oxygens (including phenoxy) is 1. The van der Waals surface area contributed by atoms with E-state index in [0.29, 0.717) is 6.04 Å². The van der Waals surface area contributed by atoms with Crippen LogP contribution in [0.25, 0.3) is 0 Å². The van der Waals surface area contributed by atoms with Crippen molar-refractivity contribution in [2.75, 3.05) is 26.8 Å². The molecular formula is C11H19NO. The van der Waals surface area contributed by atoms with Gasteiger partial charge in [0.2, 0.25) is 0 Å². The Hall–Kier alpha value is -0.340. The van der Waals surface area contributed by atoms with E-state index in [1.807, 2.05) is 0 Å². The Bertz CT molecular complexity index is 188. The molecule has 0 bridgehead atoms. The van der Waals surface area contributed by atoms with Crippen LogP contribution >= 0.6 is 0 Å². The summed E-state index contributed by atoms with van der Waals surface area (Å²) in [6.07, 6.45) is 7.70. The third-order valence-corrected chi connectivity index (χ3v) is 3.19. The Balaban J connectivity index is 1.73. The van der Waals surface area contributed by atoms with Gasteiger partial charge in [-0.15, -0.1) is 0 Å². The van der Waals surface area contributed by atoms with Crippen LogP contribution in [0.5, 0.6) is 0 Å². The maximum Gasteiger partial charge on any atom is 0.0622 e. The molecule has 1 unspecified atom stereocenters. The first kappa shape index (κ1) is 9.22. The van der Waals surface area contributed by atoms with Gasteiger partial charge in [0.15, 0.2) is 0 Å². The summed E-state index contributed by atoms with van der Waals surface area (Å²) in [7, 11) is 2.20. The molecule has 0 aromatic rings. The third kappa shape index (κ3) is 2.32. The summed E-state index contributed by atoms with van der Waals surface area (Å²) in [5, 5.41) is 0. The predicted molar refractivity (Wildman–Crippen MR) is 53.8 cm³/mol. The highest BCUT2D eigenvalue weighted by Gasteiger charge is 2.19. The van der Waals surface area contributed by atoms with Crippen molar-refractivity contribution < 1.29 is 4.74 Å². The van der Waals surface area contributed by atoms with E-state index in [1.165, 1.54) is 25.7 Å². The highest BCUT2D eigenvalue weighted by molar-refractivity contribution is 5.10. The molecule has 1 saturated heterocycles. The fraction of sp³-hybridized carbons (Fsp3) is 0.818. The average Bonchev–Trinajstić information content (AvgIpc) is 2.52. The molecule has 1 aliphatic carbocycles. The van der Waals surface area contributed by atoms with Gasteiger partial charge in [-0.2, -0.15) is 0 Å². The van der Waals surface area contributed by atoms with Crippen LogP contribution in [-0.4, -0.2) is 37.7 Å². The molecule has 0 radical (unpaired) electrons. The number of rotatable bonds is 3. The molecule has 74 valence electrons. The Kier molecular flexibility index (Phi) is 3.01. The quantitative estimate of drug-likeness (QED) is 0.616. The van der Waals surface area contributed by atoms with Gasteiger partial charge in [-0.05, 0) is 32.7 Å². The van der Waals surface area contributed by atoms with E-state index in [9.17, 15) is 0 Å². The molecule has 2 fully saturated rings. The highest BCUT2D eigenvalue weighted by Crippen LogP contribution is 2.25. The second-order valence-corrected chi connectivity index (χ2v) is 4.17. The monoisotopic (exact) mass is 181 g/mol. The van der Waals surface area contributed by atoms with Crippen LogP contribution in [0.3, 0.4) is 0 Å². The summed E-state index contributed by atoms with van der Waals surface area (Å²) < 4.78 is 5.36. The maximum absolute atomic E-state index is 5.36. The van der Waals surface area contributed by atoms with Gasteiger partial charge in [0.05, 0.1) is 6.61 Å². The van der Waals surface area contributed by atoms with Gasteiger partial charge in [0, 0.05) is 19.2 Å². The average molecular weight is 181 g/mol. The van der Waals surface area contributed by atoms with Gasteiger partial charge in [-0.25, -0.2) is 0 Å². The Labute approximate surface area is 80.6 Å². The van der Waals surface area contributed by atoms with Crippen molar-refractivity contribution in [3.05, 3.63) is 11.6 Å². The summed E-state index contributed by atoms with van der Waals surface area (Å²) in [6.45, 7) is 2.99. The summed E-state index contributed by atoms with van der Waals surface area (Å²) in [5.74, 6) is 0. The Morgan fingerprint density at radius 2 is 2.38 bits per heavy atom. The Morgan fingerprint density at radius 1 is 1.54 bits per heavy atom. The molecule has 0 spiro atoms. The second-order valence-electron chi connectivity index (χ2n) is 4.17. The summed E-state index contributed by atoms with van der Waals surface area (Å²) >= 11 is 0. The lowest BCUT2D eigenvalue weighted by Gasteiger charge is -2.23. The lowest BCUT2D eigenvalue weighted by molar-refractivity contribution is 0.164. The molecule has 0 N–H and O–H groups in total. The van der Waals surface area contributed by atoms with Crippen LogP contribution in [-0.2, 0) is 4.74 Å². The molecule has 13 heavy (non-hydrogen) atoms. The molecule has 2 nitrogen and oxygen atoms in total. The van der Waals surface area contributed by atoms with E-state index >= 15 is 0 Å². The zero-order chi connectivity index (χ0) is 9.10. The van der Waals surface area contributed by atoms with E-state index in [2.05, 4.69) is 18.0 Å². The van der Waals surface area contributed by atoms with Crippen molar-refractivity contribution in [1.82, 2.24) is 4.90 Å². The number of hydrogen-bond donors (Lipinski definition) is 0. The minimum absolute atomic E-state index is 0.664. The first-order valence-corrected chi connectivity index (χ1v) is 5.32. The summed E-state index contributed by atoms with van der Waals surface area (Å²) in [5.41, 5.74) is 1.66. The smallest absolute Gasteiger partial charge is 0.0622 e. The topological polar surface area (TPSA) is 12.5 Å². The van der Waals surface area contributed by atoms with Crippen molar-refractivity contribution in [1.29, 1.82) is 0 Å². The first-order chi connectivity index (χ1) is 6.36. The first-order valence-electron chi connectivity index (χ1n) is 5.32. The van der Waals surface area contributed by atoms with Gasteiger partial charge in [-0.3, -0.25) is 4.90 Å². The molecule has 2 heteroatoms. The van der Waals surface area contributed by atoms with Crippen LogP contribution in [0.4, 0.5) is 0 Å².